The predicted octanol–water partition coefficient (Wildman–Crippen LogP) is 9.45. The van der Waals surface area contributed by atoms with Crippen LogP contribution in [0.4, 0.5) is 0 Å². The molecule has 0 amide bonds. The summed E-state index contributed by atoms with van der Waals surface area (Å²) in [6.45, 7) is 23.0. The summed E-state index contributed by atoms with van der Waals surface area (Å²) in [6.07, 6.45) is 13.7. The molecule has 7 nitrogen and oxygen atoms in total. The third-order valence-corrected chi connectivity index (χ3v) is 11.7. The van der Waals surface area contributed by atoms with Gasteiger partial charge in [0.2, 0.25) is 6.29 Å². The molecule has 1 aromatic carbocycles. The second-order valence-electron chi connectivity index (χ2n) is 16.4. The van der Waals surface area contributed by atoms with E-state index in [1.165, 1.54) is 56.9 Å². The van der Waals surface area contributed by atoms with Crippen molar-refractivity contribution in [3.8, 4) is 11.5 Å². The van der Waals surface area contributed by atoms with Crippen molar-refractivity contribution in [1.29, 1.82) is 0 Å². The molecule has 4 aliphatic rings. The highest BCUT2D eigenvalue weighted by atomic mass is 16.8. The van der Waals surface area contributed by atoms with Crippen LogP contribution in [0.3, 0.4) is 0 Å². The molecule has 0 saturated carbocycles. The Kier molecular flexibility index (Phi) is 13.3. The van der Waals surface area contributed by atoms with Gasteiger partial charge in [0.1, 0.15) is 35.4 Å². The average molecular weight is 669 g/mol. The Balaban J connectivity index is 1.16. The number of hydrogen-bond acceptors (Lipinski definition) is 7. The Labute approximate surface area is 293 Å². The molecule has 8 atom stereocenters. The van der Waals surface area contributed by atoms with E-state index in [9.17, 15) is 0 Å². The molecule has 3 saturated heterocycles. The van der Waals surface area contributed by atoms with Crippen LogP contribution in [0.25, 0.3) is 0 Å². The Bertz CT molecular complexity index is 1200. The highest BCUT2D eigenvalue weighted by Crippen LogP contribution is 2.47. The summed E-state index contributed by atoms with van der Waals surface area (Å²) < 4.78 is 44.9. The van der Waals surface area contributed by atoms with E-state index in [4.69, 9.17) is 32.8 Å². The molecular formula is C39H66B2O7. The lowest BCUT2D eigenvalue weighted by Crippen LogP contribution is -2.39. The van der Waals surface area contributed by atoms with Crippen LogP contribution in [0.1, 0.15) is 135 Å². The minimum atomic E-state index is -0.583. The minimum absolute atomic E-state index is 0.136. The normalized spacial score (nSPS) is 29.7. The molecular weight excluding hydrogens is 602 g/mol. The lowest BCUT2D eigenvalue weighted by atomic mass is 9.83. The zero-order valence-corrected chi connectivity index (χ0v) is 32.0. The van der Waals surface area contributed by atoms with Crippen molar-refractivity contribution in [2.24, 2.45) is 17.8 Å². The van der Waals surface area contributed by atoms with Gasteiger partial charge in [-0.15, -0.1) is 0 Å². The maximum Gasteiger partial charge on any atom is 0.457 e. The van der Waals surface area contributed by atoms with E-state index < -0.39 is 6.29 Å². The number of ether oxygens (including phenoxy) is 3. The van der Waals surface area contributed by atoms with E-state index >= 15 is 0 Å². The minimum Gasteiger partial charge on any atom is -0.487 e. The smallest absolute Gasteiger partial charge is 0.457 e. The summed E-state index contributed by atoms with van der Waals surface area (Å²) in [5.74, 6) is 4.40. The third-order valence-electron chi connectivity index (χ3n) is 11.7. The molecule has 0 aromatic heterocycles. The van der Waals surface area contributed by atoms with Gasteiger partial charge in [-0.1, -0.05) is 86.5 Å². The number of rotatable bonds is 17. The van der Waals surface area contributed by atoms with Gasteiger partial charge in [-0.05, 0) is 100 Å². The van der Waals surface area contributed by atoms with Crippen LogP contribution in [0.5, 0.6) is 11.5 Å². The van der Waals surface area contributed by atoms with Gasteiger partial charge < -0.3 is 32.8 Å². The summed E-state index contributed by atoms with van der Waals surface area (Å²) >= 11 is 0. The van der Waals surface area contributed by atoms with E-state index in [-0.39, 0.29) is 44.3 Å². The van der Waals surface area contributed by atoms with Gasteiger partial charge in [-0.2, -0.15) is 0 Å². The molecule has 0 spiro atoms. The molecule has 0 bridgehead atoms. The van der Waals surface area contributed by atoms with Crippen LogP contribution in [-0.2, 0) is 29.8 Å². The first-order chi connectivity index (χ1) is 22.9. The van der Waals surface area contributed by atoms with Crippen LogP contribution < -0.4 is 9.47 Å². The molecule has 0 N–H and O–H groups in total. The Morgan fingerprint density at radius 2 is 1.42 bits per heavy atom. The average Bonchev–Trinajstić information content (AvgIpc) is 3.78. The van der Waals surface area contributed by atoms with Crippen molar-refractivity contribution >= 4 is 14.2 Å². The third kappa shape index (κ3) is 8.96. The van der Waals surface area contributed by atoms with E-state index in [0.717, 1.165) is 77.8 Å². The van der Waals surface area contributed by atoms with Crippen molar-refractivity contribution in [2.75, 3.05) is 6.61 Å². The molecule has 48 heavy (non-hydrogen) atoms. The van der Waals surface area contributed by atoms with Crippen LogP contribution in [0, 0.1) is 38.5 Å². The van der Waals surface area contributed by atoms with Crippen molar-refractivity contribution in [3.05, 3.63) is 22.3 Å². The summed E-state index contributed by atoms with van der Waals surface area (Å²) in [5, 5.41) is 0. The highest BCUT2D eigenvalue weighted by Gasteiger charge is 2.58. The summed E-state index contributed by atoms with van der Waals surface area (Å²) in [7, 11) is -0.470. The molecule has 4 heterocycles. The fourth-order valence-corrected chi connectivity index (χ4v) is 8.33. The molecule has 1 aromatic rings. The second kappa shape index (κ2) is 16.8. The lowest BCUT2D eigenvalue weighted by molar-refractivity contribution is -0.129. The maximum absolute atomic E-state index is 6.93. The topological polar surface area (TPSA) is 64.6 Å². The predicted molar refractivity (Wildman–Crippen MR) is 195 cm³/mol. The Hall–Kier alpha value is -1.25. The molecule has 3 fully saturated rings. The molecule has 4 aliphatic heterocycles. The number of fused-ring (bicyclic) bond motifs is 2. The first-order valence-corrected chi connectivity index (χ1v) is 19.6. The van der Waals surface area contributed by atoms with Crippen molar-refractivity contribution in [3.63, 3.8) is 0 Å². The fraction of sp³-hybridized carbons (Fsp3) is 0.846. The lowest BCUT2D eigenvalue weighted by Gasteiger charge is -2.39. The van der Waals surface area contributed by atoms with Gasteiger partial charge in [-0.25, -0.2) is 0 Å². The van der Waals surface area contributed by atoms with E-state index in [2.05, 4.69) is 69.2 Å². The first-order valence-electron chi connectivity index (χ1n) is 19.6. The molecule has 0 aliphatic carbocycles. The molecule has 270 valence electrons. The van der Waals surface area contributed by atoms with Crippen LogP contribution in [-0.4, -0.2) is 57.2 Å². The zero-order chi connectivity index (χ0) is 34.6. The van der Waals surface area contributed by atoms with E-state index in [0.29, 0.717) is 6.61 Å². The highest BCUT2D eigenvalue weighted by molar-refractivity contribution is 6.45. The monoisotopic (exact) mass is 668 g/mol. The largest absolute Gasteiger partial charge is 0.487 e. The molecule has 9 heteroatoms. The Morgan fingerprint density at radius 1 is 0.771 bits per heavy atom. The number of hydrogen-bond donors (Lipinski definition) is 0. The summed E-state index contributed by atoms with van der Waals surface area (Å²) in [6, 6.07) is 0. The Morgan fingerprint density at radius 3 is 2.06 bits per heavy atom. The first kappa shape index (κ1) is 38.0. The zero-order valence-electron chi connectivity index (χ0n) is 32.0. The van der Waals surface area contributed by atoms with Crippen LogP contribution in [0.2, 0.25) is 12.6 Å². The van der Waals surface area contributed by atoms with Crippen molar-refractivity contribution in [1.82, 2.24) is 0 Å². The van der Waals surface area contributed by atoms with Crippen LogP contribution >= 0.6 is 0 Å². The number of benzene rings is 1. The van der Waals surface area contributed by atoms with Gasteiger partial charge >= 0.3 is 14.2 Å². The quantitative estimate of drug-likeness (QED) is 0.153. The maximum atomic E-state index is 6.93. The van der Waals surface area contributed by atoms with Gasteiger partial charge in [0.25, 0.3) is 0 Å². The van der Waals surface area contributed by atoms with Crippen molar-refractivity contribution < 1.29 is 32.8 Å². The summed E-state index contributed by atoms with van der Waals surface area (Å²) in [5.41, 5.74) is 4.53. The van der Waals surface area contributed by atoms with Crippen LogP contribution in [0.15, 0.2) is 0 Å². The van der Waals surface area contributed by atoms with Gasteiger partial charge in [-0.3, -0.25) is 0 Å². The molecule has 8 unspecified atom stereocenters. The fourth-order valence-electron chi connectivity index (χ4n) is 8.33. The van der Waals surface area contributed by atoms with Crippen molar-refractivity contribution in [2.45, 2.75) is 189 Å². The van der Waals surface area contributed by atoms with Gasteiger partial charge in [0.05, 0.1) is 12.7 Å². The SMILES string of the molecule is CCB1OCC(C2OC(Oc3c(C)c(C)c4c(c3C)CCC(C)(CCCC(C)CCCC(C)CCCC(C)C)O4)C3OB(CC)OC23)O1. The van der Waals surface area contributed by atoms with E-state index in [1.807, 2.05) is 0 Å². The second-order valence-corrected chi connectivity index (χ2v) is 16.4. The standard InChI is InChI=1S/C39H66B2O7/c1-11-40-42-24-32(46-40)35-36-37(48-41(12-2)47-36)38(44-35)43-33-28(7)29(8)34-31(30(33)9)21-23-39(10,45-34)22-15-20-27(6)19-14-18-26(5)17-13-16-25(3)4/h25-27,32,35-38H,11-24H2,1-10H3. The van der Waals surface area contributed by atoms with Gasteiger partial charge in [0, 0.05) is 5.56 Å². The molecule has 5 rings (SSSR count). The van der Waals surface area contributed by atoms with E-state index in [1.54, 1.807) is 0 Å². The molecule has 0 radical (unpaired) electrons. The summed E-state index contributed by atoms with van der Waals surface area (Å²) in [4.78, 5) is 0. The van der Waals surface area contributed by atoms with Gasteiger partial charge in [0.15, 0.2) is 0 Å².